The van der Waals surface area contributed by atoms with Gasteiger partial charge in [0.2, 0.25) is 0 Å². The van der Waals surface area contributed by atoms with E-state index >= 15 is 0 Å². The standard InChI is InChI=1S/C43H46N4/c1-41(2,3)28-17-18-35-32(22-28)33-23-30(43(7,8)9)24-34(38(33)45-35)40-46-39-31(15-12-16-37(39)47(40)10)26-13-11-14-27(21-26)36-25-29(19-20-44-36)42(4,5)6/h11-25,45H,1-10H3. The molecule has 3 heterocycles. The van der Waals surface area contributed by atoms with Crippen LogP contribution in [0.1, 0.15) is 79.0 Å². The number of nitrogens with one attached hydrogen (secondary N) is 1. The summed E-state index contributed by atoms with van der Waals surface area (Å²) in [5.74, 6) is 0.960. The Hall–Kier alpha value is -4.70. The third-order valence-corrected chi connectivity index (χ3v) is 9.69. The lowest BCUT2D eigenvalue weighted by molar-refractivity contribution is 0.589. The zero-order chi connectivity index (χ0) is 33.5. The highest BCUT2D eigenvalue weighted by Crippen LogP contribution is 2.41. The second-order valence-corrected chi connectivity index (χ2v) is 16.3. The number of pyridine rings is 1. The summed E-state index contributed by atoms with van der Waals surface area (Å²) in [4.78, 5) is 14.0. The molecule has 7 rings (SSSR count). The zero-order valence-electron chi connectivity index (χ0n) is 29.5. The summed E-state index contributed by atoms with van der Waals surface area (Å²) in [6, 6.07) is 31.2. The number of aromatic amines is 1. The van der Waals surface area contributed by atoms with Crippen LogP contribution < -0.4 is 0 Å². The highest BCUT2D eigenvalue weighted by atomic mass is 15.1. The molecule has 0 aliphatic carbocycles. The van der Waals surface area contributed by atoms with Gasteiger partial charge in [0.1, 0.15) is 5.82 Å². The second kappa shape index (κ2) is 10.7. The first-order valence-electron chi connectivity index (χ1n) is 16.7. The van der Waals surface area contributed by atoms with Crippen LogP contribution in [0.3, 0.4) is 0 Å². The number of rotatable bonds is 3. The summed E-state index contributed by atoms with van der Waals surface area (Å²) in [5.41, 5.74) is 13.9. The van der Waals surface area contributed by atoms with E-state index in [0.717, 1.165) is 55.8 Å². The van der Waals surface area contributed by atoms with Crippen molar-refractivity contribution in [2.45, 2.75) is 78.6 Å². The average molecular weight is 619 g/mol. The van der Waals surface area contributed by atoms with Gasteiger partial charge in [0.25, 0.3) is 0 Å². The molecule has 0 radical (unpaired) electrons. The van der Waals surface area contributed by atoms with Crippen LogP contribution in [0.4, 0.5) is 0 Å². The number of hydrogen-bond acceptors (Lipinski definition) is 2. The van der Waals surface area contributed by atoms with Gasteiger partial charge in [-0.2, -0.15) is 0 Å². The van der Waals surface area contributed by atoms with Gasteiger partial charge in [-0.25, -0.2) is 4.98 Å². The number of para-hydroxylation sites is 1. The molecule has 7 aromatic rings. The lowest BCUT2D eigenvalue weighted by Crippen LogP contribution is -2.11. The van der Waals surface area contributed by atoms with E-state index < -0.39 is 0 Å². The maximum atomic E-state index is 5.44. The summed E-state index contributed by atoms with van der Waals surface area (Å²) in [5, 5.41) is 2.51. The first kappa shape index (κ1) is 30.9. The van der Waals surface area contributed by atoms with Gasteiger partial charge in [0, 0.05) is 46.2 Å². The molecule has 0 aliphatic heterocycles. The van der Waals surface area contributed by atoms with Crippen LogP contribution in [0, 0.1) is 0 Å². The van der Waals surface area contributed by atoms with Crippen LogP contribution in [0.15, 0.2) is 91.1 Å². The fraction of sp³-hybridized carbons (Fsp3) is 0.302. The zero-order valence-corrected chi connectivity index (χ0v) is 29.5. The van der Waals surface area contributed by atoms with Gasteiger partial charge in [-0.1, -0.05) is 98.7 Å². The Morgan fingerprint density at radius 2 is 1.26 bits per heavy atom. The summed E-state index contributed by atoms with van der Waals surface area (Å²) in [6.07, 6.45) is 1.93. The van der Waals surface area contributed by atoms with Crippen molar-refractivity contribution >= 4 is 32.8 Å². The first-order valence-corrected chi connectivity index (χ1v) is 16.7. The van der Waals surface area contributed by atoms with Crippen LogP contribution in [0.2, 0.25) is 0 Å². The third-order valence-electron chi connectivity index (χ3n) is 9.69. The molecule has 0 fully saturated rings. The topological polar surface area (TPSA) is 46.5 Å². The van der Waals surface area contributed by atoms with Crippen molar-refractivity contribution in [3.63, 3.8) is 0 Å². The predicted molar refractivity (Wildman–Crippen MR) is 200 cm³/mol. The average Bonchev–Trinajstić information content (AvgIpc) is 3.56. The number of hydrogen-bond donors (Lipinski definition) is 1. The van der Waals surface area contributed by atoms with Crippen molar-refractivity contribution in [2.75, 3.05) is 0 Å². The molecule has 3 aromatic heterocycles. The highest BCUT2D eigenvalue weighted by Gasteiger charge is 2.24. The van der Waals surface area contributed by atoms with Crippen LogP contribution in [0.5, 0.6) is 0 Å². The van der Waals surface area contributed by atoms with Crippen molar-refractivity contribution in [3.05, 3.63) is 108 Å². The first-order chi connectivity index (χ1) is 22.1. The molecule has 238 valence electrons. The third kappa shape index (κ3) is 5.44. The van der Waals surface area contributed by atoms with Crippen molar-refractivity contribution in [1.29, 1.82) is 0 Å². The van der Waals surface area contributed by atoms with E-state index in [1.54, 1.807) is 0 Å². The normalized spacial score (nSPS) is 12.9. The molecule has 0 spiro atoms. The minimum Gasteiger partial charge on any atom is -0.354 e. The molecule has 0 saturated heterocycles. The Kier molecular flexibility index (Phi) is 7.02. The van der Waals surface area contributed by atoms with Crippen LogP contribution in [-0.2, 0) is 23.3 Å². The number of benzene rings is 4. The molecule has 4 aromatic carbocycles. The fourth-order valence-electron chi connectivity index (χ4n) is 6.67. The number of aryl methyl sites for hydroxylation is 1. The van der Waals surface area contributed by atoms with Gasteiger partial charge in [-0.3, -0.25) is 4.98 Å². The van der Waals surface area contributed by atoms with E-state index in [1.807, 2.05) is 6.20 Å². The lowest BCUT2D eigenvalue weighted by Gasteiger charge is -2.21. The largest absolute Gasteiger partial charge is 0.354 e. The minimum atomic E-state index is -0.0251. The van der Waals surface area contributed by atoms with Crippen LogP contribution in [0.25, 0.3) is 66.6 Å². The van der Waals surface area contributed by atoms with Gasteiger partial charge in [-0.15, -0.1) is 0 Å². The van der Waals surface area contributed by atoms with Gasteiger partial charge in [0.05, 0.1) is 22.2 Å². The van der Waals surface area contributed by atoms with E-state index in [2.05, 4.69) is 164 Å². The quantitative estimate of drug-likeness (QED) is 0.214. The number of H-pyrrole nitrogens is 1. The number of fused-ring (bicyclic) bond motifs is 4. The van der Waals surface area contributed by atoms with Crippen molar-refractivity contribution < 1.29 is 0 Å². The minimum absolute atomic E-state index is 0.0251. The Labute approximate surface area is 278 Å². The molecule has 0 saturated carbocycles. The van der Waals surface area contributed by atoms with Crippen LogP contribution >= 0.6 is 0 Å². The van der Waals surface area contributed by atoms with Crippen molar-refractivity contribution in [1.82, 2.24) is 19.5 Å². The fourth-order valence-corrected chi connectivity index (χ4v) is 6.67. The van der Waals surface area contributed by atoms with Crippen molar-refractivity contribution in [3.8, 4) is 33.8 Å². The molecule has 0 bridgehead atoms. The number of imidazole rings is 1. The summed E-state index contributed by atoms with van der Waals surface area (Å²) >= 11 is 0. The predicted octanol–water partition coefficient (Wildman–Crippen LogP) is 11.5. The van der Waals surface area contributed by atoms with E-state index in [-0.39, 0.29) is 16.2 Å². The van der Waals surface area contributed by atoms with Gasteiger partial charge >= 0.3 is 0 Å². The molecule has 4 heteroatoms. The Balaban J connectivity index is 1.43. The number of nitrogens with zero attached hydrogens (tertiary/aromatic N) is 3. The maximum Gasteiger partial charge on any atom is 0.143 e. The Bertz CT molecular complexity index is 2310. The van der Waals surface area contributed by atoms with Gasteiger partial charge < -0.3 is 9.55 Å². The monoisotopic (exact) mass is 618 g/mol. The molecule has 47 heavy (non-hydrogen) atoms. The highest BCUT2D eigenvalue weighted by molar-refractivity contribution is 6.12. The Morgan fingerprint density at radius 1 is 0.596 bits per heavy atom. The summed E-state index contributed by atoms with van der Waals surface area (Å²) in [6.45, 7) is 20.4. The smallest absolute Gasteiger partial charge is 0.143 e. The molecule has 4 nitrogen and oxygen atoms in total. The number of aromatic nitrogens is 4. The van der Waals surface area contributed by atoms with Crippen LogP contribution in [-0.4, -0.2) is 19.5 Å². The molecule has 0 unspecified atom stereocenters. The Morgan fingerprint density at radius 3 is 1.98 bits per heavy atom. The van der Waals surface area contributed by atoms with E-state index in [0.29, 0.717) is 0 Å². The molecule has 1 N–H and O–H groups in total. The van der Waals surface area contributed by atoms with E-state index in [4.69, 9.17) is 9.97 Å². The second-order valence-electron chi connectivity index (χ2n) is 16.3. The SMILES string of the molecule is Cn1c(-c2cc(C(C)(C)C)cc3c2[nH]c2ccc(C(C)(C)C)cc23)nc2c(-c3cccc(-c4cc(C(C)(C)C)ccn4)c3)cccc21. The van der Waals surface area contributed by atoms with E-state index in [1.165, 1.54) is 27.5 Å². The molecule has 0 atom stereocenters. The molecule has 0 amide bonds. The molecule has 0 aliphatic rings. The van der Waals surface area contributed by atoms with Gasteiger partial charge in [0.15, 0.2) is 0 Å². The molecular formula is C43H46N4. The van der Waals surface area contributed by atoms with Gasteiger partial charge in [-0.05, 0) is 87.0 Å². The maximum absolute atomic E-state index is 5.44. The lowest BCUT2D eigenvalue weighted by atomic mass is 9.84. The summed E-state index contributed by atoms with van der Waals surface area (Å²) in [7, 11) is 2.14. The van der Waals surface area contributed by atoms with E-state index in [9.17, 15) is 0 Å². The van der Waals surface area contributed by atoms with Crippen molar-refractivity contribution in [2.24, 2.45) is 7.05 Å². The molecular weight excluding hydrogens is 573 g/mol. The summed E-state index contributed by atoms with van der Waals surface area (Å²) < 4.78 is 2.25.